The van der Waals surface area contributed by atoms with Gasteiger partial charge in [0.2, 0.25) is 0 Å². The summed E-state index contributed by atoms with van der Waals surface area (Å²) in [5.74, 6) is -0.257. The highest BCUT2D eigenvalue weighted by Gasteiger charge is 2.21. The summed E-state index contributed by atoms with van der Waals surface area (Å²) in [6.45, 7) is 3.83. The number of carbonyl (C=O) groups excluding carboxylic acids is 1. The molecule has 0 saturated heterocycles. The van der Waals surface area contributed by atoms with E-state index in [2.05, 4.69) is 14.6 Å². The van der Waals surface area contributed by atoms with Crippen LogP contribution in [0.5, 0.6) is 0 Å². The van der Waals surface area contributed by atoms with Crippen LogP contribution in [0.4, 0.5) is 5.82 Å². The van der Waals surface area contributed by atoms with Crippen LogP contribution in [0.2, 0.25) is 0 Å². The van der Waals surface area contributed by atoms with Crippen LogP contribution in [0, 0.1) is 0 Å². The standard InChI is InChI=1S/C20H21N3O4S/c1-14(2)23-19(13-18(21-23)15-8-5-4-6-9-15)22-28(25,26)17-11-7-10-16(12-17)20(24)27-3/h4-14,22H,1-3H3. The summed E-state index contributed by atoms with van der Waals surface area (Å²) in [7, 11) is -2.68. The number of esters is 1. The number of ether oxygens (including phenoxy) is 1. The molecule has 0 saturated carbocycles. The molecule has 146 valence electrons. The fourth-order valence-corrected chi connectivity index (χ4v) is 3.80. The van der Waals surface area contributed by atoms with E-state index in [9.17, 15) is 13.2 Å². The van der Waals surface area contributed by atoms with Gasteiger partial charge in [0.05, 0.1) is 23.3 Å². The molecule has 0 aliphatic rings. The van der Waals surface area contributed by atoms with Crippen molar-refractivity contribution in [1.82, 2.24) is 9.78 Å². The third-order valence-corrected chi connectivity index (χ3v) is 5.45. The third-order valence-electron chi connectivity index (χ3n) is 4.10. The van der Waals surface area contributed by atoms with Crippen LogP contribution in [0.15, 0.2) is 65.6 Å². The van der Waals surface area contributed by atoms with Gasteiger partial charge in [0.25, 0.3) is 10.0 Å². The third kappa shape index (κ3) is 4.07. The normalized spacial score (nSPS) is 11.4. The van der Waals surface area contributed by atoms with Crippen LogP contribution in [0.1, 0.15) is 30.2 Å². The minimum Gasteiger partial charge on any atom is -0.465 e. The molecular formula is C20H21N3O4S. The van der Waals surface area contributed by atoms with Crippen LogP contribution in [-0.2, 0) is 14.8 Å². The second-order valence-electron chi connectivity index (χ2n) is 6.44. The summed E-state index contributed by atoms with van der Waals surface area (Å²) in [6, 6.07) is 16.8. The smallest absolute Gasteiger partial charge is 0.337 e. The van der Waals surface area contributed by atoms with E-state index in [0.717, 1.165) is 5.56 Å². The molecule has 0 aliphatic carbocycles. The zero-order valence-corrected chi connectivity index (χ0v) is 16.6. The predicted octanol–water partition coefficient (Wildman–Crippen LogP) is 3.72. The molecule has 0 radical (unpaired) electrons. The van der Waals surface area contributed by atoms with Crippen LogP contribution in [0.25, 0.3) is 11.3 Å². The van der Waals surface area contributed by atoms with Crippen molar-refractivity contribution in [3.63, 3.8) is 0 Å². The Morgan fingerprint density at radius 1 is 1.07 bits per heavy atom. The zero-order valence-electron chi connectivity index (χ0n) is 15.8. The van der Waals surface area contributed by atoms with Crippen molar-refractivity contribution in [1.29, 1.82) is 0 Å². The van der Waals surface area contributed by atoms with Gasteiger partial charge in [-0.2, -0.15) is 5.10 Å². The van der Waals surface area contributed by atoms with Gasteiger partial charge in [-0.15, -0.1) is 0 Å². The first kappa shape index (κ1) is 19.6. The maximum Gasteiger partial charge on any atom is 0.337 e. The molecule has 0 amide bonds. The van der Waals surface area contributed by atoms with Crippen molar-refractivity contribution in [2.75, 3.05) is 11.8 Å². The summed E-state index contributed by atoms with van der Waals surface area (Å²) >= 11 is 0. The fourth-order valence-electron chi connectivity index (χ4n) is 2.72. The maximum absolute atomic E-state index is 12.9. The van der Waals surface area contributed by atoms with E-state index in [0.29, 0.717) is 11.5 Å². The molecule has 1 heterocycles. The Hall–Kier alpha value is -3.13. The topological polar surface area (TPSA) is 90.3 Å². The minimum atomic E-state index is -3.92. The number of carbonyl (C=O) groups is 1. The average Bonchev–Trinajstić information content (AvgIpc) is 3.11. The fraction of sp³-hybridized carbons (Fsp3) is 0.200. The highest BCUT2D eigenvalue weighted by atomic mass is 32.2. The highest BCUT2D eigenvalue weighted by Crippen LogP contribution is 2.26. The highest BCUT2D eigenvalue weighted by molar-refractivity contribution is 7.92. The number of sulfonamides is 1. The number of hydrogen-bond donors (Lipinski definition) is 1. The van der Waals surface area contributed by atoms with Crippen LogP contribution in [-0.4, -0.2) is 31.3 Å². The lowest BCUT2D eigenvalue weighted by molar-refractivity contribution is 0.0600. The number of methoxy groups -OCH3 is 1. The summed E-state index contributed by atoms with van der Waals surface area (Å²) in [5, 5.41) is 4.53. The molecule has 3 aromatic rings. The molecule has 28 heavy (non-hydrogen) atoms. The van der Waals surface area contributed by atoms with Crippen LogP contribution in [0.3, 0.4) is 0 Å². The van der Waals surface area contributed by atoms with E-state index in [1.165, 1.54) is 31.4 Å². The number of benzene rings is 2. The Bertz CT molecular complexity index is 1090. The molecule has 0 aliphatic heterocycles. The van der Waals surface area contributed by atoms with Crippen molar-refractivity contribution in [2.24, 2.45) is 0 Å². The maximum atomic E-state index is 12.9. The molecule has 1 N–H and O–H groups in total. The molecule has 2 aromatic carbocycles. The second kappa shape index (κ2) is 7.85. The lowest BCUT2D eigenvalue weighted by Crippen LogP contribution is -2.17. The molecule has 0 bridgehead atoms. The predicted molar refractivity (Wildman–Crippen MR) is 107 cm³/mol. The van der Waals surface area contributed by atoms with Crippen LogP contribution < -0.4 is 4.72 Å². The lowest BCUT2D eigenvalue weighted by Gasteiger charge is -2.13. The Morgan fingerprint density at radius 2 is 1.79 bits per heavy atom. The first-order chi connectivity index (χ1) is 13.3. The van der Waals surface area contributed by atoms with Crippen molar-refractivity contribution in [3.8, 4) is 11.3 Å². The van der Waals surface area contributed by atoms with Crippen molar-refractivity contribution in [2.45, 2.75) is 24.8 Å². The zero-order chi connectivity index (χ0) is 20.3. The number of hydrogen-bond acceptors (Lipinski definition) is 5. The van der Waals surface area contributed by atoms with Gasteiger partial charge < -0.3 is 4.74 Å². The summed E-state index contributed by atoms with van der Waals surface area (Å²) < 4.78 is 34.6. The molecule has 1 aromatic heterocycles. The Balaban J connectivity index is 1.98. The molecule has 0 atom stereocenters. The van der Waals surface area contributed by atoms with E-state index in [1.807, 2.05) is 44.2 Å². The number of aromatic nitrogens is 2. The Kier molecular flexibility index (Phi) is 5.51. The molecule has 8 heteroatoms. The molecular weight excluding hydrogens is 378 g/mol. The van der Waals surface area contributed by atoms with Crippen molar-refractivity contribution >= 4 is 21.8 Å². The van der Waals surface area contributed by atoms with Gasteiger partial charge in [0, 0.05) is 17.7 Å². The summed E-state index contributed by atoms with van der Waals surface area (Å²) in [6.07, 6.45) is 0. The van der Waals surface area contributed by atoms with Gasteiger partial charge in [-0.3, -0.25) is 4.72 Å². The van der Waals surface area contributed by atoms with Crippen LogP contribution >= 0.6 is 0 Å². The molecule has 0 fully saturated rings. The number of rotatable bonds is 6. The summed E-state index contributed by atoms with van der Waals surface area (Å²) in [5.41, 5.74) is 1.71. The van der Waals surface area contributed by atoms with Gasteiger partial charge in [-0.1, -0.05) is 36.4 Å². The minimum absolute atomic E-state index is 0.0341. The largest absolute Gasteiger partial charge is 0.465 e. The van der Waals surface area contributed by atoms with E-state index in [-0.39, 0.29) is 16.5 Å². The second-order valence-corrected chi connectivity index (χ2v) is 8.13. The summed E-state index contributed by atoms with van der Waals surface area (Å²) in [4.78, 5) is 11.7. The average molecular weight is 399 g/mol. The quantitative estimate of drug-likeness (QED) is 0.638. The molecule has 0 spiro atoms. The molecule has 7 nitrogen and oxygen atoms in total. The SMILES string of the molecule is COC(=O)c1cccc(S(=O)(=O)Nc2cc(-c3ccccc3)nn2C(C)C)c1. The lowest BCUT2D eigenvalue weighted by atomic mass is 10.2. The van der Waals surface area contributed by atoms with E-state index >= 15 is 0 Å². The number of anilines is 1. The van der Waals surface area contributed by atoms with E-state index in [1.54, 1.807) is 10.7 Å². The molecule has 3 rings (SSSR count). The van der Waals surface area contributed by atoms with Gasteiger partial charge in [0.1, 0.15) is 5.82 Å². The van der Waals surface area contributed by atoms with Gasteiger partial charge in [0.15, 0.2) is 0 Å². The first-order valence-corrected chi connectivity index (χ1v) is 10.2. The van der Waals surface area contributed by atoms with Gasteiger partial charge in [-0.25, -0.2) is 17.9 Å². The molecule has 0 unspecified atom stereocenters. The number of nitrogens with one attached hydrogen (secondary N) is 1. The monoisotopic (exact) mass is 399 g/mol. The van der Waals surface area contributed by atoms with Crippen molar-refractivity contribution < 1.29 is 17.9 Å². The van der Waals surface area contributed by atoms with E-state index in [4.69, 9.17) is 0 Å². The van der Waals surface area contributed by atoms with Crippen molar-refractivity contribution in [3.05, 3.63) is 66.2 Å². The van der Waals surface area contributed by atoms with Gasteiger partial charge >= 0.3 is 5.97 Å². The van der Waals surface area contributed by atoms with Gasteiger partial charge in [-0.05, 0) is 32.0 Å². The first-order valence-electron chi connectivity index (χ1n) is 8.68. The number of nitrogens with zero attached hydrogens (tertiary/aromatic N) is 2. The Morgan fingerprint density at radius 3 is 2.43 bits per heavy atom. The van der Waals surface area contributed by atoms with E-state index < -0.39 is 16.0 Å². The Labute approximate surface area is 164 Å².